The van der Waals surface area contributed by atoms with Crippen LogP contribution in [0.15, 0.2) is 0 Å². The van der Waals surface area contributed by atoms with E-state index in [0.29, 0.717) is 0 Å². The monoisotopic (exact) mass is 294 g/mol. The molecule has 0 aromatic rings. The van der Waals surface area contributed by atoms with Gasteiger partial charge in [-0.1, -0.05) is 35.1 Å². The second-order valence-electron chi connectivity index (χ2n) is 5.04. The summed E-state index contributed by atoms with van der Waals surface area (Å²) < 4.78 is 59.2. The molecule has 0 aromatic carbocycles. The van der Waals surface area contributed by atoms with Gasteiger partial charge in [0.05, 0.1) is 6.04 Å². The van der Waals surface area contributed by atoms with Gasteiger partial charge < -0.3 is 11.5 Å². The summed E-state index contributed by atoms with van der Waals surface area (Å²) in [6.45, 7) is 7.10. The zero-order valence-corrected chi connectivity index (χ0v) is 11.4. The van der Waals surface area contributed by atoms with E-state index in [1.54, 1.807) is 13.8 Å². The molecule has 0 radical (unpaired) electrons. The van der Waals surface area contributed by atoms with Crippen molar-refractivity contribution in [2.24, 2.45) is 23.3 Å². The van der Waals surface area contributed by atoms with Gasteiger partial charge in [-0.2, -0.15) is 13.2 Å². The summed E-state index contributed by atoms with van der Waals surface area (Å²) in [5.74, 6) is -3.44. The normalized spacial score (nSPS) is 15.5. The second kappa shape index (κ2) is 8.68. The van der Waals surface area contributed by atoms with E-state index in [2.05, 4.69) is 0 Å². The maximum atomic E-state index is 12.2. The molecule has 19 heavy (non-hydrogen) atoms. The van der Waals surface area contributed by atoms with Crippen LogP contribution < -0.4 is 11.5 Å². The molecule has 0 aromatic heterocycles. The first-order valence-corrected chi connectivity index (χ1v) is 5.66. The Kier molecular flexibility index (Phi) is 10.8. The van der Waals surface area contributed by atoms with E-state index < -0.39 is 30.1 Å². The summed E-state index contributed by atoms with van der Waals surface area (Å²) in [5.41, 5.74) is 9.91. The van der Waals surface area contributed by atoms with Crippen LogP contribution in [0.1, 0.15) is 42.0 Å². The largest absolute Gasteiger partial charge is 0.403 e. The van der Waals surface area contributed by atoms with Crippen molar-refractivity contribution in [2.75, 3.05) is 0 Å². The zero-order chi connectivity index (χ0) is 15.3. The van der Waals surface area contributed by atoms with Crippen LogP contribution in [-0.4, -0.2) is 24.2 Å². The Morgan fingerprint density at radius 2 is 1.00 bits per heavy atom. The van der Waals surface area contributed by atoms with Crippen LogP contribution in [0, 0.1) is 11.8 Å². The lowest BCUT2D eigenvalue weighted by Crippen LogP contribution is -2.42. The molecule has 0 saturated carbocycles. The fourth-order valence-electron chi connectivity index (χ4n) is 0.963. The van der Waals surface area contributed by atoms with E-state index in [1.165, 1.54) is 13.8 Å². The SMILES string of the molecule is C.CC(C)[C@@H](N)C(F)(F)F.CC(C)[C@H](N)C(C)(F)F. The Bertz CT molecular complexity index is 197. The van der Waals surface area contributed by atoms with Crippen LogP contribution in [-0.2, 0) is 0 Å². The minimum Gasteiger partial charge on any atom is -0.322 e. The molecule has 0 aliphatic carbocycles. The van der Waals surface area contributed by atoms with E-state index in [4.69, 9.17) is 11.5 Å². The molecule has 0 aliphatic rings. The standard InChI is InChI=1S/C6H13F2N.C5H10F3N.CH4/c1-4(2)5(9)6(3,7)8;1-3(2)4(9)5(6,7)8;/h4-5H,9H2,1-3H3;3-4H,9H2,1-2H3;1H4/t5-;4-;/m01./s1. The van der Waals surface area contributed by atoms with Gasteiger partial charge in [-0.3, -0.25) is 0 Å². The summed E-state index contributed by atoms with van der Waals surface area (Å²) in [7, 11) is 0. The van der Waals surface area contributed by atoms with E-state index in [9.17, 15) is 22.0 Å². The topological polar surface area (TPSA) is 52.0 Å². The van der Waals surface area contributed by atoms with Crippen molar-refractivity contribution in [1.82, 2.24) is 0 Å². The van der Waals surface area contributed by atoms with Gasteiger partial charge >= 0.3 is 6.18 Å². The van der Waals surface area contributed by atoms with Crippen molar-refractivity contribution in [1.29, 1.82) is 0 Å². The molecule has 2 nitrogen and oxygen atoms in total. The molecule has 0 saturated heterocycles. The minimum atomic E-state index is -4.24. The van der Waals surface area contributed by atoms with Crippen molar-refractivity contribution in [3.05, 3.63) is 0 Å². The highest BCUT2D eigenvalue weighted by Crippen LogP contribution is 2.23. The van der Waals surface area contributed by atoms with Crippen LogP contribution in [0.2, 0.25) is 0 Å². The number of hydrogen-bond donors (Lipinski definition) is 2. The van der Waals surface area contributed by atoms with Crippen LogP contribution in [0.4, 0.5) is 22.0 Å². The Labute approximate surface area is 112 Å². The Morgan fingerprint density at radius 3 is 1.00 bits per heavy atom. The summed E-state index contributed by atoms with van der Waals surface area (Å²) in [4.78, 5) is 0. The third-order valence-electron chi connectivity index (χ3n) is 2.40. The van der Waals surface area contributed by atoms with Gasteiger partial charge in [-0.15, -0.1) is 0 Å². The van der Waals surface area contributed by atoms with Crippen LogP contribution in [0.5, 0.6) is 0 Å². The predicted molar refractivity (Wildman–Crippen MR) is 69.0 cm³/mol. The van der Waals surface area contributed by atoms with Gasteiger partial charge in [0.15, 0.2) is 0 Å². The molecule has 0 spiro atoms. The maximum Gasteiger partial charge on any atom is 0.403 e. The van der Waals surface area contributed by atoms with Crippen LogP contribution in [0.3, 0.4) is 0 Å². The number of hydrogen-bond acceptors (Lipinski definition) is 2. The molecule has 0 rings (SSSR count). The fourth-order valence-corrected chi connectivity index (χ4v) is 0.963. The van der Waals surface area contributed by atoms with Gasteiger partial charge in [0.25, 0.3) is 5.92 Å². The lowest BCUT2D eigenvalue weighted by Gasteiger charge is -2.22. The second-order valence-corrected chi connectivity index (χ2v) is 5.04. The molecule has 0 fully saturated rings. The van der Waals surface area contributed by atoms with Crippen molar-refractivity contribution >= 4 is 0 Å². The Balaban J connectivity index is -0.000000256. The Hall–Kier alpha value is -0.430. The van der Waals surface area contributed by atoms with Crippen molar-refractivity contribution < 1.29 is 22.0 Å². The summed E-state index contributed by atoms with van der Waals surface area (Å²) >= 11 is 0. The summed E-state index contributed by atoms with van der Waals surface area (Å²) in [6, 6.07) is -2.70. The summed E-state index contributed by atoms with van der Waals surface area (Å²) in [6.07, 6.45) is -4.24. The zero-order valence-electron chi connectivity index (χ0n) is 11.4. The van der Waals surface area contributed by atoms with Crippen molar-refractivity contribution in [3.8, 4) is 0 Å². The molecule has 0 heterocycles. The molecule has 0 amide bonds. The van der Waals surface area contributed by atoms with Crippen LogP contribution in [0.25, 0.3) is 0 Å². The molecule has 120 valence electrons. The third kappa shape index (κ3) is 11.1. The number of alkyl halides is 5. The molecular formula is C12H27F5N2. The van der Waals surface area contributed by atoms with Crippen molar-refractivity contribution in [2.45, 2.75) is 66.2 Å². The highest BCUT2D eigenvalue weighted by molar-refractivity contribution is 4.77. The van der Waals surface area contributed by atoms with Gasteiger partial charge in [-0.05, 0) is 11.8 Å². The third-order valence-corrected chi connectivity index (χ3v) is 2.40. The molecule has 2 atom stereocenters. The Morgan fingerprint density at radius 1 is 0.737 bits per heavy atom. The molecule has 0 aliphatic heterocycles. The average Bonchev–Trinajstić information content (AvgIpc) is 2.13. The van der Waals surface area contributed by atoms with Crippen molar-refractivity contribution in [3.63, 3.8) is 0 Å². The first-order chi connectivity index (χ1) is 7.71. The number of rotatable bonds is 3. The van der Waals surface area contributed by atoms with E-state index in [-0.39, 0.29) is 13.3 Å². The lowest BCUT2D eigenvalue weighted by molar-refractivity contribution is -0.156. The molecule has 0 bridgehead atoms. The highest BCUT2D eigenvalue weighted by Gasteiger charge is 2.38. The van der Waals surface area contributed by atoms with Gasteiger partial charge in [0.1, 0.15) is 6.04 Å². The smallest absolute Gasteiger partial charge is 0.322 e. The average molecular weight is 294 g/mol. The van der Waals surface area contributed by atoms with Gasteiger partial charge in [-0.25, -0.2) is 8.78 Å². The molecule has 0 unspecified atom stereocenters. The maximum absolute atomic E-state index is 12.2. The van der Waals surface area contributed by atoms with Gasteiger partial charge in [0.2, 0.25) is 0 Å². The van der Waals surface area contributed by atoms with E-state index >= 15 is 0 Å². The number of nitrogens with two attached hydrogens (primary N) is 2. The highest BCUT2D eigenvalue weighted by atomic mass is 19.4. The summed E-state index contributed by atoms with van der Waals surface area (Å²) in [5, 5.41) is 0. The van der Waals surface area contributed by atoms with Crippen LogP contribution >= 0.6 is 0 Å². The number of halogens is 5. The predicted octanol–water partition coefficient (Wildman–Crippen LogP) is 3.79. The quantitative estimate of drug-likeness (QED) is 0.778. The first-order valence-electron chi connectivity index (χ1n) is 5.66. The minimum absolute atomic E-state index is 0. The fraction of sp³-hybridized carbons (Fsp3) is 1.00. The van der Waals surface area contributed by atoms with E-state index in [0.717, 1.165) is 6.92 Å². The lowest BCUT2D eigenvalue weighted by atomic mass is 10.0. The molecule has 4 N–H and O–H groups in total. The van der Waals surface area contributed by atoms with E-state index in [1.807, 2.05) is 0 Å². The van der Waals surface area contributed by atoms with Gasteiger partial charge in [0, 0.05) is 6.92 Å². The molecular weight excluding hydrogens is 267 g/mol. The molecule has 7 heteroatoms. The first kappa shape index (κ1) is 23.6.